The molecule has 1 heterocycles. The first-order valence-corrected chi connectivity index (χ1v) is 5.64. The number of nitrogens with one attached hydrogen (secondary N) is 1. The van der Waals surface area contributed by atoms with E-state index in [0.717, 1.165) is 25.7 Å². The lowest BCUT2D eigenvalue weighted by Crippen LogP contribution is -2.55. The zero-order valence-electron chi connectivity index (χ0n) is 9.88. The van der Waals surface area contributed by atoms with Crippen molar-refractivity contribution in [1.82, 2.24) is 10.2 Å². The minimum Gasteiger partial charge on any atom is -0.314 e. The summed E-state index contributed by atoms with van der Waals surface area (Å²) in [6.07, 6.45) is 0. The molecule has 2 heteroatoms. The van der Waals surface area contributed by atoms with E-state index < -0.39 is 0 Å². The maximum Gasteiger partial charge on any atom is 0.0345 e. The van der Waals surface area contributed by atoms with Crippen LogP contribution in [0.15, 0.2) is 18.2 Å². The first-order valence-electron chi connectivity index (χ1n) is 5.64. The molecule has 0 saturated carbocycles. The molecule has 2 rings (SSSR count). The molecular formula is C13H20N2. The molecule has 2 nitrogen and oxygen atoms in total. The molecule has 0 atom stereocenters. The quantitative estimate of drug-likeness (QED) is 0.806. The highest BCUT2D eigenvalue weighted by atomic mass is 15.2. The van der Waals surface area contributed by atoms with Crippen molar-refractivity contribution < 1.29 is 0 Å². The van der Waals surface area contributed by atoms with Crippen LogP contribution in [0.3, 0.4) is 0 Å². The molecule has 0 aliphatic carbocycles. The topological polar surface area (TPSA) is 15.3 Å². The fourth-order valence-electron chi connectivity index (χ4n) is 1.97. The van der Waals surface area contributed by atoms with Gasteiger partial charge in [-0.2, -0.15) is 0 Å². The zero-order chi connectivity index (χ0) is 10.8. The van der Waals surface area contributed by atoms with Gasteiger partial charge in [0.1, 0.15) is 0 Å². The average molecular weight is 204 g/mol. The Hall–Kier alpha value is -0.860. The number of aryl methyl sites for hydroxylation is 1. The number of hydrogen-bond acceptors (Lipinski definition) is 2. The molecule has 1 N–H and O–H groups in total. The third kappa shape index (κ3) is 2.21. The number of rotatable bonds is 3. The minimum atomic E-state index is 0.727. The van der Waals surface area contributed by atoms with Crippen molar-refractivity contribution in [3.63, 3.8) is 0 Å². The molecule has 82 valence electrons. The van der Waals surface area contributed by atoms with E-state index in [2.05, 4.69) is 49.3 Å². The second-order valence-corrected chi connectivity index (χ2v) is 4.59. The molecular weight excluding hydrogens is 184 g/mol. The van der Waals surface area contributed by atoms with Crippen molar-refractivity contribution in [1.29, 1.82) is 0 Å². The van der Waals surface area contributed by atoms with Gasteiger partial charge in [0.05, 0.1) is 0 Å². The number of likely N-dealkylation sites (N-methyl/N-ethyl adjacent to an activating group) is 1. The third-order valence-electron chi connectivity index (χ3n) is 3.52. The normalized spacial score (nSPS) is 16.8. The highest BCUT2D eigenvalue weighted by molar-refractivity contribution is 5.33. The monoisotopic (exact) mass is 204 g/mol. The molecule has 1 aromatic carbocycles. The molecule has 1 fully saturated rings. The maximum absolute atomic E-state index is 3.31. The van der Waals surface area contributed by atoms with Crippen LogP contribution >= 0.6 is 0 Å². The van der Waals surface area contributed by atoms with Crippen molar-refractivity contribution in [2.75, 3.05) is 20.1 Å². The van der Waals surface area contributed by atoms with E-state index in [-0.39, 0.29) is 0 Å². The molecule has 0 aromatic heterocycles. The number of benzene rings is 1. The summed E-state index contributed by atoms with van der Waals surface area (Å²) in [4.78, 5) is 2.44. The summed E-state index contributed by atoms with van der Waals surface area (Å²) in [5.74, 6) is 0. The summed E-state index contributed by atoms with van der Waals surface area (Å²) in [5.41, 5.74) is 4.30. The standard InChI is InChI=1S/C13H20N2/c1-10-5-4-6-12(11(10)2)9-15(3)13-7-14-8-13/h4-6,13-14H,7-9H2,1-3H3. The van der Waals surface area contributed by atoms with Crippen molar-refractivity contribution >= 4 is 0 Å². The molecule has 0 unspecified atom stereocenters. The van der Waals surface area contributed by atoms with E-state index in [1.54, 1.807) is 0 Å². The van der Waals surface area contributed by atoms with Crippen LogP contribution in [-0.4, -0.2) is 31.1 Å². The summed E-state index contributed by atoms with van der Waals surface area (Å²) >= 11 is 0. The van der Waals surface area contributed by atoms with Crippen LogP contribution in [0.1, 0.15) is 16.7 Å². The molecule has 0 bridgehead atoms. The second-order valence-electron chi connectivity index (χ2n) is 4.59. The third-order valence-corrected chi connectivity index (χ3v) is 3.52. The van der Waals surface area contributed by atoms with Crippen LogP contribution in [0.2, 0.25) is 0 Å². The second kappa shape index (κ2) is 4.33. The lowest BCUT2D eigenvalue weighted by Gasteiger charge is -2.36. The van der Waals surface area contributed by atoms with Gasteiger partial charge in [-0.25, -0.2) is 0 Å². The molecule has 15 heavy (non-hydrogen) atoms. The molecule has 0 radical (unpaired) electrons. The van der Waals surface area contributed by atoms with Crippen LogP contribution < -0.4 is 5.32 Å². The van der Waals surface area contributed by atoms with Crippen LogP contribution in [0.4, 0.5) is 0 Å². The first kappa shape index (κ1) is 10.7. The van der Waals surface area contributed by atoms with Gasteiger partial charge in [0, 0.05) is 25.7 Å². The van der Waals surface area contributed by atoms with E-state index in [4.69, 9.17) is 0 Å². The molecule has 0 amide bonds. The van der Waals surface area contributed by atoms with Gasteiger partial charge >= 0.3 is 0 Å². The lowest BCUT2D eigenvalue weighted by atomic mass is 10.0. The summed E-state index contributed by atoms with van der Waals surface area (Å²) < 4.78 is 0. The highest BCUT2D eigenvalue weighted by Crippen LogP contribution is 2.16. The van der Waals surface area contributed by atoms with Gasteiger partial charge in [-0.15, -0.1) is 0 Å². The molecule has 1 saturated heterocycles. The summed E-state index contributed by atoms with van der Waals surface area (Å²) in [6, 6.07) is 7.31. The number of hydrogen-bond donors (Lipinski definition) is 1. The summed E-state index contributed by atoms with van der Waals surface area (Å²) in [5, 5.41) is 3.31. The highest BCUT2D eigenvalue weighted by Gasteiger charge is 2.21. The van der Waals surface area contributed by atoms with E-state index >= 15 is 0 Å². The Morgan fingerprint density at radius 2 is 2.07 bits per heavy atom. The van der Waals surface area contributed by atoms with E-state index in [9.17, 15) is 0 Å². The summed E-state index contributed by atoms with van der Waals surface area (Å²) in [6.45, 7) is 7.75. The Bertz CT molecular complexity index is 342. The largest absolute Gasteiger partial charge is 0.314 e. The van der Waals surface area contributed by atoms with Crippen molar-refractivity contribution in [3.05, 3.63) is 34.9 Å². The lowest BCUT2D eigenvalue weighted by molar-refractivity contribution is 0.173. The minimum absolute atomic E-state index is 0.727. The Balaban J connectivity index is 2.06. The van der Waals surface area contributed by atoms with Gasteiger partial charge in [0.15, 0.2) is 0 Å². The summed E-state index contributed by atoms with van der Waals surface area (Å²) in [7, 11) is 2.22. The van der Waals surface area contributed by atoms with Crippen molar-refractivity contribution in [3.8, 4) is 0 Å². The Labute approximate surface area is 92.3 Å². The Morgan fingerprint density at radius 1 is 1.33 bits per heavy atom. The van der Waals surface area contributed by atoms with Gasteiger partial charge < -0.3 is 5.32 Å². The fourth-order valence-corrected chi connectivity index (χ4v) is 1.97. The Morgan fingerprint density at radius 3 is 2.67 bits per heavy atom. The van der Waals surface area contributed by atoms with E-state index in [1.807, 2.05) is 0 Å². The van der Waals surface area contributed by atoms with Gasteiger partial charge in [0.25, 0.3) is 0 Å². The van der Waals surface area contributed by atoms with Gasteiger partial charge in [-0.1, -0.05) is 18.2 Å². The molecule has 0 spiro atoms. The average Bonchev–Trinajstić information content (AvgIpc) is 2.10. The van der Waals surface area contributed by atoms with Crippen LogP contribution in [-0.2, 0) is 6.54 Å². The van der Waals surface area contributed by atoms with E-state index in [0.29, 0.717) is 0 Å². The SMILES string of the molecule is Cc1cccc(CN(C)C2CNC2)c1C. The van der Waals surface area contributed by atoms with Crippen molar-refractivity contribution in [2.24, 2.45) is 0 Å². The van der Waals surface area contributed by atoms with Gasteiger partial charge in [0.2, 0.25) is 0 Å². The van der Waals surface area contributed by atoms with Crippen LogP contribution in [0.5, 0.6) is 0 Å². The predicted octanol–water partition coefficient (Wildman–Crippen LogP) is 1.71. The molecule has 1 aliphatic rings. The van der Waals surface area contributed by atoms with Crippen LogP contribution in [0.25, 0.3) is 0 Å². The number of nitrogens with zero attached hydrogens (tertiary/aromatic N) is 1. The predicted molar refractivity (Wildman–Crippen MR) is 64.0 cm³/mol. The van der Waals surface area contributed by atoms with E-state index in [1.165, 1.54) is 16.7 Å². The molecule has 1 aromatic rings. The molecule has 1 aliphatic heterocycles. The van der Waals surface area contributed by atoms with Crippen LogP contribution in [0, 0.1) is 13.8 Å². The Kier molecular flexibility index (Phi) is 3.08. The zero-order valence-corrected chi connectivity index (χ0v) is 9.88. The fraction of sp³-hybridized carbons (Fsp3) is 0.538. The first-order chi connectivity index (χ1) is 7.18. The van der Waals surface area contributed by atoms with Gasteiger partial charge in [-0.3, -0.25) is 4.90 Å². The van der Waals surface area contributed by atoms with Gasteiger partial charge in [-0.05, 0) is 37.6 Å². The smallest absolute Gasteiger partial charge is 0.0345 e. The van der Waals surface area contributed by atoms with Crippen molar-refractivity contribution in [2.45, 2.75) is 26.4 Å². The maximum atomic E-state index is 3.31.